The van der Waals surface area contributed by atoms with Gasteiger partial charge in [0.1, 0.15) is 5.75 Å². The van der Waals surface area contributed by atoms with E-state index >= 15 is 0 Å². The van der Waals surface area contributed by atoms with E-state index in [1.54, 1.807) is 0 Å². The molecule has 1 aliphatic rings. The van der Waals surface area contributed by atoms with Gasteiger partial charge in [0.05, 0.1) is 17.1 Å². The van der Waals surface area contributed by atoms with Crippen molar-refractivity contribution in [3.05, 3.63) is 34.7 Å². The van der Waals surface area contributed by atoms with Crippen molar-refractivity contribution < 1.29 is 14.3 Å². The molecule has 0 spiro atoms. The molecule has 0 N–H and O–H groups in total. The van der Waals surface area contributed by atoms with Crippen LogP contribution < -0.4 is 4.74 Å². The van der Waals surface area contributed by atoms with Crippen LogP contribution in [0.15, 0.2) is 29.2 Å². The van der Waals surface area contributed by atoms with Crippen LogP contribution in [0.4, 0.5) is 0 Å². The molecule has 0 fully saturated rings. The Bertz CT molecular complexity index is 620. The van der Waals surface area contributed by atoms with E-state index in [1.807, 2.05) is 52.0 Å². The van der Waals surface area contributed by atoms with Gasteiger partial charge in [-0.2, -0.15) is 0 Å². The summed E-state index contributed by atoms with van der Waals surface area (Å²) in [6.45, 7) is 8.99. The molecule has 1 aromatic carbocycles. The lowest BCUT2D eigenvalue weighted by Gasteiger charge is -2.13. The summed E-state index contributed by atoms with van der Waals surface area (Å²) in [5.74, 6) is 0.403. The summed E-state index contributed by atoms with van der Waals surface area (Å²) < 4.78 is 5.44. The molecule has 0 saturated carbocycles. The quantitative estimate of drug-likeness (QED) is 0.714. The number of hydrogen-bond acceptors (Lipinski definition) is 4. The number of ether oxygens (including phenoxy) is 1. The second-order valence-electron chi connectivity index (χ2n) is 5.59. The molecule has 0 aliphatic carbocycles. The van der Waals surface area contributed by atoms with Gasteiger partial charge in [-0.1, -0.05) is 32.9 Å². The maximum absolute atomic E-state index is 12.7. The number of amides is 2. The minimum atomic E-state index is -0.191. The van der Waals surface area contributed by atoms with E-state index in [2.05, 4.69) is 0 Å². The molecule has 0 aromatic heterocycles. The number of carbonyl (C=O) groups is 2. The van der Waals surface area contributed by atoms with E-state index in [1.165, 1.54) is 16.7 Å². The van der Waals surface area contributed by atoms with Crippen LogP contribution in [0.5, 0.6) is 5.75 Å². The van der Waals surface area contributed by atoms with Gasteiger partial charge in [0.2, 0.25) is 0 Å². The number of imide groups is 1. The minimum absolute atomic E-state index is 0.167. The van der Waals surface area contributed by atoms with Crippen LogP contribution >= 0.6 is 11.8 Å². The molecule has 2 rings (SSSR count). The van der Waals surface area contributed by atoms with E-state index in [0.717, 1.165) is 17.7 Å². The van der Waals surface area contributed by atoms with Gasteiger partial charge in [0, 0.05) is 11.8 Å². The third-order valence-corrected chi connectivity index (χ3v) is 4.47. The Morgan fingerprint density at radius 3 is 2.26 bits per heavy atom. The number of carbonyl (C=O) groups excluding carboxylic acids is 2. The van der Waals surface area contributed by atoms with E-state index in [4.69, 9.17) is 4.74 Å². The number of nitrogens with zero attached hydrogens (tertiary/aromatic N) is 1. The second kappa shape index (κ2) is 7.68. The maximum atomic E-state index is 12.7. The summed E-state index contributed by atoms with van der Waals surface area (Å²) in [7, 11) is 0. The Morgan fingerprint density at radius 2 is 1.74 bits per heavy atom. The van der Waals surface area contributed by atoms with Crippen molar-refractivity contribution in [1.82, 2.24) is 4.90 Å². The second-order valence-corrected chi connectivity index (χ2v) is 7.18. The van der Waals surface area contributed by atoms with E-state index in [-0.39, 0.29) is 17.1 Å². The Balaban J connectivity index is 2.42. The first-order valence-corrected chi connectivity index (χ1v) is 8.87. The fraction of sp³-hybridized carbons (Fsp3) is 0.444. The van der Waals surface area contributed by atoms with Crippen molar-refractivity contribution in [2.24, 2.45) is 0 Å². The smallest absolute Gasteiger partial charge is 0.267 e. The monoisotopic (exact) mass is 333 g/mol. The molecule has 0 radical (unpaired) electrons. The predicted molar refractivity (Wildman–Crippen MR) is 94.3 cm³/mol. The lowest BCUT2D eigenvalue weighted by molar-refractivity contribution is -0.136. The first kappa shape index (κ1) is 17.6. The standard InChI is InChI=1S/C18H23NO3S/c1-5-11-19-17(20)15(16(18(19)21)23-12(3)4)13-7-9-14(10-8-13)22-6-2/h7-10,12H,5-6,11H2,1-4H3. The lowest BCUT2D eigenvalue weighted by Crippen LogP contribution is -2.32. The molecule has 0 saturated heterocycles. The molecule has 0 atom stereocenters. The van der Waals surface area contributed by atoms with Crippen LogP contribution in [0.3, 0.4) is 0 Å². The molecule has 23 heavy (non-hydrogen) atoms. The van der Waals surface area contributed by atoms with E-state index in [0.29, 0.717) is 23.6 Å². The van der Waals surface area contributed by atoms with E-state index in [9.17, 15) is 9.59 Å². The first-order valence-electron chi connectivity index (χ1n) is 7.99. The summed E-state index contributed by atoms with van der Waals surface area (Å²) in [5.41, 5.74) is 1.29. The Labute approximate surface area is 141 Å². The topological polar surface area (TPSA) is 46.6 Å². The Hall–Kier alpha value is -1.75. The summed E-state index contributed by atoms with van der Waals surface area (Å²) >= 11 is 1.46. The third kappa shape index (κ3) is 3.78. The average molecular weight is 333 g/mol. The van der Waals surface area contributed by atoms with Crippen LogP contribution in [0.25, 0.3) is 5.57 Å². The number of rotatable bonds is 7. The molecule has 1 heterocycles. The maximum Gasteiger partial charge on any atom is 0.267 e. The van der Waals surface area contributed by atoms with Crippen molar-refractivity contribution in [1.29, 1.82) is 0 Å². The molecule has 124 valence electrons. The minimum Gasteiger partial charge on any atom is -0.494 e. The molecule has 0 unspecified atom stereocenters. The van der Waals surface area contributed by atoms with Crippen molar-refractivity contribution in [3.63, 3.8) is 0 Å². The van der Waals surface area contributed by atoms with Gasteiger partial charge in [-0.3, -0.25) is 14.5 Å². The molecule has 5 heteroatoms. The predicted octanol–water partition coefficient (Wildman–Crippen LogP) is 3.72. The Morgan fingerprint density at radius 1 is 1.09 bits per heavy atom. The molecule has 1 aromatic rings. The van der Waals surface area contributed by atoms with Gasteiger partial charge in [-0.25, -0.2) is 0 Å². The van der Waals surface area contributed by atoms with Crippen LogP contribution in [0, 0.1) is 0 Å². The van der Waals surface area contributed by atoms with Gasteiger partial charge < -0.3 is 4.74 Å². The highest BCUT2D eigenvalue weighted by Gasteiger charge is 2.38. The largest absolute Gasteiger partial charge is 0.494 e. The summed E-state index contributed by atoms with van der Waals surface area (Å²) in [4.78, 5) is 27.2. The van der Waals surface area contributed by atoms with Crippen molar-refractivity contribution in [2.45, 2.75) is 39.4 Å². The van der Waals surface area contributed by atoms with Crippen molar-refractivity contribution in [3.8, 4) is 5.75 Å². The highest BCUT2D eigenvalue weighted by Crippen LogP contribution is 2.38. The molecule has 4 nitrogen and oxygen atoms in total. The first-order chi connectivity index (χ1) is 11.0. The van der Waals surface area contributed by atoms with Crippen molar-refractivity contribution >= 4 is 29.1 Å². The van der Waals surface area contributed by atoms with Crippen molar-refractivity contribution in [2.75, 3.05) is 13.2 Å². The van der Waals surface area contributed by atoms with Gasteiger partial charge in [-0.05, 0) is 31.0 Å². The molecular weight excluding hydrogens is 310 g/mol. The van der Waals surface area contributed by atoms with Gasteiger partial charge in [-0.15, -0.1) is 11.8 Å². The zero-order valence-electron chi connectivity index (χ0n) is 14.1. The van der Waals surface area contributed by atoms with Crippen LogP contribution in [-0.4, -0.2) is 35.1 Å². The highest BCUT2D eigenvalue weighted by molar-refractivity contribution is 8.04. The fourth-order valence-electron chi connectivity index (χ4n) is 2.46. The zero-order valence-corrected chi connectivity index (χ0v) is 14.9. The lowest BCUT2D eigenvalue weighted by atomic mass is 10.1. The average Bonchev–Trinajstić information content (AvgIpc) is 2.73. The number of hydrogen-bond donors (Lipinski definition) is 0. The number of benzene rings is 1. The van der Waals surface area contributed by atoms with Gasteiger partial charge >= 0.3 is 0 Å². The van der Waals surface area contributed by atoms with Crippen LogP contribution in [0.1, 0.15) is 39.7 Å². The summed E-state index contributed by atoms with van der Waals surface area (Å²) in [5, 5.41) is 0.237. The Kier molecular flexibility index (Phi) is 5.88. The van der Waals surface area contributed by atoms with Crippen LogP contribution in [0.2, 0.25) is 0 Å². The molecule has 1 aliphatic heterocycles. The fourth-order valence-corrected chi connectivity index (χ4v) is 3.47. The summed E-state index contributed by atoms with van der Waals surface area (Å²) in [6.07, 6.45) is 0.758. The summed E-state index contributed by atoms with van der Waals surface area (Å²) in [6, 6.07) is 7.37. The highest BCUT2D eigenvalue weighted by atomic mass is 32.2. The normalized spacial score (nSPS) is 15.1. The van der Waals surface area contributed by atoms with E-state index < -0.39 is 0 Å². The van der Waals surface area contributed by atoms with Gasteiger partial charge in [0.25, 0.3) is 11.8 Å². The molecule has 2 amide bonds. The molecule has 0 bridgehead atoms. The number of thioether (sulfide) groups is 1. The molecular formula is C18H23NO3S. The third-order valence-electron chi connectivity index (χ3n) is 3.38. The van der Waals surface area contributed by atoms with Crippen LogP contribution in [-0.2, 0) is 9.59 Å². The zero-order chi connectivity index (χ0) is 17.0. The van der Waals surface area contributed by atoms with Gasteiger partial charge in [0.15, 0.2) is 0 Å². The SMILES string of the molecule is CCCN1C(=O)C(SC(C)C)=C(c2ccc(OCC)cc2)C1=O.